The molecule has 0 bridgehead atoms. The molecule has 0 saturated heterocycles. The van der Waals surface area contributed by atoms with Crippen LogP contribution in [0.5, 0.6) is 0 Å². The molecule has 0 radical (unpaired) electrons. The zero-order valence-electron chi connectivity index (χ0n) is 12.8. The van der Waals surface area contributed by atoms with Gasteiger partial charge in [-0.1, -0.05) is 43.7 Å². The highest BCUT2D eigenvalue weighted by atomic mass is 35.5. The lowest BCUT2D eigenvalue weighted by Crippen LogP contribution is -2.23. The molecule has 112 valence electrons. The number of anilines is 1. The topological polar surface area (TPSA) is 16.1 Å². The zero-order valence-corrected chi connectivity index (χ0v) is 13.6. The molecule has 0 fully saturated rings. The molecule has 3 heteroatoms. The zero-order chi connectivity index (χ0) is 15.1. The van der Waals surface area contributed by atoms with Crippen molar-refractivity contribution < 1.29 is 0 Å². The molecule has 0 aliphatic heterocycles. The van der Waals surface area contributed by atoms with E-state index in [9.17, 15) is 0 Å². The molecule has 0 aliphatic rings. The summed E-state index contributed by atoms with van der Waals surface area (Å²) in [4.78, 5) is 7.10. The average molecular weight is 303 g/mol. The number of aryl methyl sites for hydroxylation is 1. The second kappa shape index (κ2) is 8.04. The normalized spacial score (nSPS) is 10.6. The number of pyridine rings is 1. The predicted molar refractivity (Wildman–Crippen MR) is 91.0 cm³/mol. The van der Waals surface area contributed by atoms with E-state index in [-0.39, 0.29) is 0 Å². The minimum Gasteiger partial charge on any atom is -0.353 e. The summed E-state index contributed by atoms with van der Waals surface area (Å²) in [7, 11) is 0. The maximum Gasteiger partial charge on any atom is 0.129 e. The van der Waals surface area contributed by atoms with Crippen LogP contribution < -0.4 is 4.90 Å². The Morgan fingerprint density at radius 1 is 1.05 bits per heavy atom. The Morgan fingerprint density at radius 2 is 1.81 bits per heavy atom. The van der Waals surface area contributed by atoms with Crippen molar-refractivity contribution in [1.29, 1.82) is 0 Å². The summed E-state index contributed by atoms with van der Waals surface area (Å²) < 4.78 is 0. The first-order valence-electron chi connectivity index (χ1n) is 7.61. The number of aromatic nitrogens is 1. The SMILES string of the molecule is CCCc1cc(CCl)cc(N(CC)Cc2ccccc2)n1. The smallest absolute Gasteiger partial charge is 0.129 e. The number of hydrogen-bond donors (Lipinski definition) is 0. The van der Waals surface area contributed by atoms with Crippen molar-refractivity contribution in [3.63, 3.8) is 0 Å². The molecule has 1 heterocycles. The molecule has 0 saturated carbocycles. The molecule has 1 aromatic carbocycles. The van der Waals surface area contributed by atoms with Crippen molar-refractivity contribution in [1.82, 2.24) is 4.98 Å². The van der Waals surface area contributed by atoms with Gasteiger partial charge in [-0.15, -0.1) is 11.6 Å². The second-order valence-electron chi connectivity index (χ2n) is 5.21. The molecule has 21 heavy (non-hydrogen) atoms. The highest BCUT2D eigenvalue weighted by molar-refractivity contribution is 6.17. The lowest BCUT2D eigenvalue weighted by molar-refractivity contribution is 0.796. The van der Waals surface area contributed by atoms with E-state index in [1.165, 1.54) is 5.56 Å². The van der Waals surface area contributed by atoms with Crippen molar-refractivity contribution in [2.75, 3.05) is 11.4 Å². The fourth-order valence-electron chi connectivity index (χ4n) is 2.42. The number of halogens is 1. The summed E-state index contributed by atoms with van der Waals surface area (Å²) in [6, 6.07) is 14.7. The van der Waals surface area contributed by atoms with Gasteiger partial charge in [0.25, 0.3) is 0 Å². The number of hydrogen-bond acceptors (Lipinski definition) is 2. The van der Waals surface area contributed by atoms with Gasteiger partial charge in [-0.05, 0) is 36.6 Å². The molecule has 0 unspecified atom stereocenters. The lowest BCUT2D eigenvalue weighted by atomic mass is 10.1. The van der Waals surface area contributed by atoms with Gasteiger partial charge in [0, 0.05) is 24.7 Å². The summed E-state index contributed by atoms with van der Waals surface area (Å²) in [5, 5.41) is 0. The van der Waals surface area contributed by atoms with Crippen molar-refractivity contribution in [3.8, 4) is 0 Å². The van der Waals surface area contributed by atoms with Crippen LogP contribution in [0.4, 0.5) is 5.82 Å². The van der Waals surface area contributed by atoms with Crippen LogP contribution >= 0.6 is 11.6 Å². The number of nitrogens with zero attached hydrogens (tertiary/aromatic N) is 2. The van der Waals surface area contributed by atoms with Crippen molar-refractivity contribution >= 4 is 17.4 Å². The van der Waals surface area contributed by atoms with E-state index < -0.39 is 0 Å². The Bertz CT molecular complexity index is 554. The molecule has 2 aromatic rings. The Hall–Kier alpha value is -1.54. The molecule has 0 spiro atoms. The van der Waals surface area contributed by atoms with E-state index in [0.29, 0.717) is 5.88 Å². The van der Waals surface area contributed by atoms with E-state index in [4.69, 9.17) is 16.6 Å². The Labute approximate surface area is 132 Å². The van der Waals surface area contributed by atoms with E-state index in [1.807, 2.05) is 6.07 Å². The Kier molecular flexibility index (Phi) is 6.06. The van der Waals surface area contributed by atoms with Crippen LogP contribution in [0.3, 0.4) is 0 Å². The first-order chi connectivity index (χ1) is 10.3. The van der Waals surface area contributed by atoms with Gasteiger partial charge in [-0.25, -0.2) is 4.98 Å². The fraction of sp³-hybridized carbons (Fsp3) is 0.389. The van der Waals surface area contributed by atoms with Crippen LogP contribution in [0.15, 0.2) is 42.5 Å². The largest absolute Gasteiger partial charge is 0.353 e. The predicted octanol–water partition coefficient (Wildman–Crippen LogP) is 4.80. The first kappa shape index (κ1) is 15.8. The van der Waals surface area contributed by atoms with Crippen molar-refractivity contribution in [2.24, 2.45) is 0 Å². The Balaban J connectivity index is 2.26. The van der Waals surface area contributed by atoms with Gasteiger partial charge in [-0.2, -0.15) is 0 Å². The number of alkyl halides is 1. The molecule has 2 nitrogen and oxygen atoms in total. The maximum atomic E-state index is 6.03. The fourth-order valence-corrected chi connectivity index (χ4v) is 2.57. The molecule has 0 aliphatic carbocycles. The molecule has 0 N–H and O–H groups in total. The third kappa shape index (κ3) is 4.47. The van der Waals surface area contributed by atoms with E-state index in [0.717, 1.165) is 43.0 Å². The van der Waals surface area contributed by atoms with Crippen LogP contribution in [0, 0.1) is 0 Å². The first-order valence-corrected chi connectivity index (χ1v) is 8.15. The van der Waals surface area contributed by atoms with E-state index >= 15 is 0 Å². The monoisotopic (exact) mass is 302 g/mol. The third-order valence-corrected chi connectivity index (χ3v) is 3.82. The molecule has 0 amide bonds. The summed E-state index contributed by atoms with van der Waals surface area (Å²) in [6.07, 6.45) is 2.10. The number of benzene rings is 1. The van der Waals surface area contributed by atoms with Crippen molar-refractivity contribution in [3.05, 3.63) is 59.3 Å². The van der Waals surface area contributed by atoms with E-state index in [2.05, 4.69) is 55.1 Å². The molecule has 1 aromatic heterocycles. The van der Waals surface area contributed by atoms with Gasteiger partial charge < -0.3 is 4.90 Å². The van der Waals surface area contributed by atoms with Crippen LogP contribution in [0.1, 0.15) is 37.1 Å². The van der Waals surface area contributed by atoms with Crippen molar-refractivity contribution in [2.45, 2.75) is 39.1 Å². The standard InChI is InChI=1S/C18H23ClN2/c1-3-8-17-11-16(13-19)12-18(20-17)21(4-2)14-15-9-6-5-7-10-15/h5-7,9-12H,3-4,8,13-14H2,1-2H3. The summed E-state index contributed by atoms with van der Waals surface area (Å²) >= 11 is 6.03. The van der Waals surface area contributed by atoms with E-state index in [1.54, 1.807) is 0 Å². The quantitative estimate of drug-likeness (QED) is 0.683. The second-order valence-corrected chi connectivity index (χ2v) is 5.48. The van der Waals surface area contributed by atoms with Crippen LogP contribution in [-0.2, 0) is 18.8 Å². The number of rotatable bonds is 7. The Morgan fingerprint density at radius 3 is 2.43 bits per heavy atom. The highest BCUT2D eigenvalue weighted by Crippen LogP contribution is 2.19. The van der Waals surface area contributed by atoms with Crippen LogP contribution in [-0.4, -0.2) is 11.5 Å². The molecular weight excluding hydrogens is 280 g/mol. The maximum absolute atomic E-state index is 6.03. The highest BCUT2D eigenvalue weighted by Gasteiger charge is 2.09. The minimum absolute atomic E-state index is 0.537. The third-order valence-electron chi connectivity index (χ3n) is 3.51. The van der Waals surface area contributed by atoms with Gasteiger partial charge in [-0.3, -0.25) is 0 Å². The van der Waals surface area contributed by atoms with Gasteiger partial charge in [0.1, 0.15) is 5.82 Å². The van der Waals surface area contributed by atoms with Gasteiger partial charge >= 0.3 is 0 Å². The molecular formula is C18H23ClN2. The molecule has 0 atom stereocenters. The van der Waals surface area contributed by atoms with Gasteiger partial charge in [0.2, 0.25) is 0 Å². The average Bonchev–Trinajstić information content (AvgIpc) is 2.53. The minimum atomic E-state index is 0.537. The summed E-state index contributed by atoms with van der Waals surface area (Å²) in [5.41, 5.74) is 3.59. The lowest BCUT2D eigenvalue weighted by Gasteiger charge is -2.23. The van der Waals surface area contributed by atoms with Crippen LogP contribution in [0.2, 0.25) is 0 Å². The van der Waals surface area contributed by atoms with Gasteiger partial charge in [0.15, 0.2) is 0 Å². The summed E-state index contributed by atoms with van der Waals surface area (Å²) in [5.74, 6) is 1.57. The summed E-state index contributed by atoms with van der Waals surface area (Å²) in [6.45, 7) is 6.15. The van der Waals surface area contributed by atoms with Crippen LogP contribution in [0.25, 0.3) is 0 Å². The molecule has 2 rings (SSSR count). The van der Waals surface area contributed by atoms with Gasteiger partial charge in [0.05, 0.1) is 0 Å².